The Hall–Kier alpha value is -1.30. The highest BCUT2D eigenvalue weighted by atomic mass is 35.5. The van der Waals surface area contributed by atoms with Crippen LogP contribution >= 0.6 is 36.0 Å². The molecular formula is C15H16ClN3S2. The fraction of sp³-hybridized carbons (Fsp3) is 0.133. The average molecular weight is 338 g/mol. The molecule has 2 aromatic carbocycles. The second-order valence-electron chi connectivity index (χ2n) is 4.40. The molecule has 0 aromatic heterocycles. The molecule has 0 amide bonds. The summed E-state index contributed by atoms with van der Waals surface area (Å²) in [6.45, 7) is 0. The SMILES string of the molecule is CSc1cccc(N(C)C(=N)Nc2cc(S)ccc2Cl)c1. The summed E-state index contributed by atoms with van der Waals surface area (Å²) in [5.74, 6) is 0.245. The van der Waals surface area contributed by atoms with Gasteiger partial charge in [0.1, 0.15) is 0 Å². The maximum Gasteiger partial charge on any atom is 0.199 e. The molecule has 6 heteroatoms. The molecule has 2 N–H and O–H groups in total. The normalized spacial score (nSPS) is 10.3. The quantitative estimate of drug-likeness (QED) is 0.325. The molecule has 0 unspecified atom stereocenters. The third kappa shape index (κ3) is 4.09. The van der Waals surface area contributed by atoms with Gasteiger partial charge < -0.3 is 10.2 Å². The van der Waals surface area contributed by atoms with Crippen LogP contribution in [-0.2, 0) is 0 Å². The summed E-state index contributed by atoms with van der Waals surface area (Å²) in [6.07, 6.45) is 2.03. The number of nitrogens with zero attached hydrogens (tertiary/aromatic N) is 1. The highest BCUT2D eigenvalue weighted by Gasteiger charge is 2.10. The summed E-state index contributed by atoms with van der Waals surface area (Å²) in [5, 5.41) is 11.8. The van der Waals surface area contributed by atoms with Gasteiger partial charge in [-0.05, 0) is 42.7 Å². The van der Waals surface area contributed by atoms with Crippen LogP contribution in [0.1, 0.15) is 0 Å². The number of nitrogens with one attached hydrogen (secondary N) is 2. The van der Waals surface area contributed by atoms with Gasteiger partial charge in [0.2, 0.25) is 0 Å². The zero-order valence-electron chi connectivity index (χ0n) is 11.7. The lowest BCUT2D eigenvalue weighted by molar-refractivity contribution is 1.20. The van der Waals surface area contributed by atoms with Crippen LogP contribution in [0.25, 0.3) is 0 Å². The molecule has 0 aliphatic carbocycles. The number of hydrogen-bond donors (Lipinski definition) is 3. The fourth-order valence-corrected chi connectivity index (χ4v) is 2.59. The van der Waals surface area contributed by atoms with E-state index in [4.69, 9.17) is 17.0 Å². The first kappa shape index (κ1) is 16.1. The summed E-state index contributed by atoms with van der Waals surface area (Å²) in [6, 6.07) is 13.4. The van der Waals surface area contributed by atoms with Crippen molar-refractivity contribution in [2.45, 2.75) is 9.79 Å². The van der Waals surface area contributed by atoms with Crippen LogP contribution in [0.4, 0.5) is 11.4 Å². The van der Waals surface area contributed by atoms with Crippen LogP contribution in [-0.4, -0.2) is 19.3 Å². The van der Waals surface area contributed by atoms with Gasteiger partial charge in [0.15, 0.2) is 5.96 Å². The molecular weight excluding hydrogens is 322 g/mol. The Kier molecular flexibility index (Phi) is 5.45. The first-order chi connectivity index (χ1) is 10.0. The van der Waals surface area contributed by atoms with E-state index in [0.717, 1.165) is 15.5 Å². The molecule has 0 bridgehead atoms. The topological polar surface area (TPSA) is 39.1 Å². The molecule has 0 heterocycles. The Morgan fingerprint density at radius 2 is 2.05 bits per heavy atom. The lowest BCUT2D eigenvalue weighted by atomic mass is 10.3. The van der Waals surface area contributed by atoms with Gasteiger partial charge in [0, 0.05) is 22.5 Å². The number of rotatable bonds is 3. The van der Waals surface area contributed by atoms with Crippen molar-refractivity contribution in [3.05, 3.63) is 47.5 Å². The van der Waals surface area contributed by atoms with Crippen LogP contribution in [0.2, 0.25) is 5.02 Å². The lowest BCUT2D eigenvalue weighted by Crippen LogP contribution is -2.32. The van der Waals surface area contributed by atoms with Crippen molar-refractivity contribution in [1.29, 1.82) is 5.41 Å². The van der Waals surface area contributed by atoms with E-state index < -0.39 is 0 Å². The van der Waals surface area contributed by atoms with E-state index in [1.54, 1.807) is 28.8 Å². The van der Waals surface area contributed by atoms with Crippen LogP contribution in [0.15, 0.2) is 52.3 Å². The van der Waals surface area contributed by atoms with Crippen LogP contribution in [0.3, 0.4) is 0 Å². The molecule has 0 saturated carbocycles. The molecule has 0 atom stereocenters. The van der Waals surface area contributed by atoms with Gasteiger partial charge in [-0.25, -0.2) is 0 Å². The summed E-state index contributed by atoms with van der Waals surface area (Å²) in [7, 11) is 1.84. The maximum absolute atomic E-state index is 8.19. The van der Waals surface area contributed by atoms with E-state index in [9.17, 15) is 0 Å². The van der Waals surface area contributed by atoms with Crippen LogP contribution in [0, 0.1) is 5.41 Å². The Bertz CT molecular complexity index is 661. The van der Waals surface area contributed by atoms with Gasteiger partial charge in [-0.15, -0.1) is 24.4 Å². The average Bonchev–Trinajstić information content (AvgIpc) is 2.50. The number of benzene rings is 2. The molecule has 0 aliphatic rings. The highest BCUT2D eigenvalue weighted by molar-refractivity contribution is 7.98. The summed E-state index contributed by atoms with van der Waals surface area (Å²) >= 11 is 12.1. The number of hydrogen-bond acceptors (Lipinski definition) is 3. The third-order valence-corrected chi connectivity index (χ3v) is 4.31. The van der Waals surface area contributed by atoms with Crippen molar-refractivity contribution < 1.29 is 0 Å². The lowest BCUT2D eigenvalue weighted by Gasteiger charge is -2.22. The molecule has 0 spiro atoms. The van der Waals surface area contributed by atoms with E-state index in [1.807, 2.05) is 43.6 Å². The van der Waals surface area contributed by atoms with Crippen molar-refractivity contribution >= 4 is 53.3 Å². The fourth-order valence-electron chi connectivity index (χ4n) is 1.77. The van der Waals surface area contributed by atoms with E-state index in [-0.39, 0.29) is 5.96 Å². The van der Waals surface area contributed by atoms with E-state index >= 15 is 0 Å². The summed E-state index contributed by atoms with van der Waals surface area (Å²) in [4.78, 5) is 3.71. The van der Waals surface area contributed by atoms with Crippen molar-refractivity contribution in [1.82, 2.24) is 0 Å². The molecule has 0 saturated heterocycles. The number of guanidine groups is 1. The van der Waals surface area contributed by atoms with E-state index in [0.29, 0.717) is 10.7 Å². The number of thiol groups is 1. The molecule has 2 rings (SSSR count). The van der Waals surface area contributed by atoms with Crippen LogP contribution < -0.4 is 10.2 Å². The number of halogens is 1. The van der Waals surface area contributed by atoms with E-state index in [1.165, 1.54) is 0 Å². The molecule has 110 valence electrons. The zero-order valence-corrected chi connectivity index (χ0v) is 14.2. The first-order valence-corrected chi connectivity index (χ1v) is 8.28. The number of anilines is 2. The minimum absolute atomic E-state index is 0.245. The van der Waals surface area contributed by atoms with Crippen molar-refractivity contribution in [3.63, 3.8) is 0 Å². The Balaban J connectivity index is 2.17. The van der Waals surface area contributed by atoms with Gasteiger partial charge in [-0.2, -0.15) is 0 Å². The second kappa shape index (κ2) is 7.11. The van der Waals surface area contributed by atoms with Gasteiger partial charge in [-0.1, -0.05) is 17.7 Å². The zero-order chi connectivity index (χ0) is 15.4. The first-order valence-electron chi connectivity index (χ1n) is 6.23. The van der Waals surface area contributed by atoms with Crippen molar-refractivity contribution in [2.24, 2.45) is 0 Å². The smallest absolute Gasteiger partial charge is 0.199 e. The minimum atomic E-state index is 0.245. The summed E-state index contributed by atoms with van der Waals surface area (Å²) < 4.78 is 0. The van der Waals surface area contributed by atoms with Gasteiger partial charge >= 0.3 is 0 Å². The predicted octanol–water partition coefficient (Wildman–Crippen LogP) is 4.83. The van der Waals surface area contributed by atoms with Gasteiger partial charge in [-0.3, -0.25) is 5.41 Å². The Morgan fingerprint density at radius 3 is 2.76 bits per heavy atom. The maximum atomic E-state index is 8.19. The largest absolute Gasteiger partial charge is 0.325 e. The van der Waals surface area contributed by atoms with E-state index in [2.05, 4.69) is 17.9 Å². The molecule has 21 heavy (non-hydrogen) atoms. The monoisotopic (exact) mass is 337 g/mol. The standard InChI is InChI=1S/C15H16ClN3S2/c1-19(10-4-3-5-12(8-10)21-2)15(17)18-14-9-11(20)6-7-13(14)16/h3-9,20H,1-2H3,(H2,17,18). The van der Waals surface area contributed by atoms with Crippen molar-refractivity contribution in [2.75, 3.05) is 23.5 Å². The molecule has 0 radical (unpaired) electrons. The summed E-state index contributed by atoms with van der Waals surface area (Å²) in [5.41, 5.74) is 1.61. The minimum Gasteiger partial charge on any atom is -0.325 e. The molecule has 2 aromatic rings. The third-order valence-electron chi connectivity index (χ3n) is 2.98. The second-order valence-corrected chi connectivity index (χ2v) is 6.20. The Labute approximate surface area is 139 Å². The molecule has 3 nitrogen and oxygen atoms in total. The predicted molar refractivity (Wildman–Crippen MR) is 96.7 cm³/mol. The Morgan fingerprint density at radius 1 is 1.29 bits per heavy atom. The molecule has 0 fully saturated rings. The van der Waals surface area contributed by atoms with Crippen LogP contribution in [0.5, 0.6) is 0 Å². The molecule has 0 aliphatic heterocycles. The van der Waals surface area contributed by atoms with Gasteiger partial charge in [0.25, 0.3) is 0 Å². The van der Waals surface area contributed by atoms with Crippen molar-refractivity contribution in [3.8, 4) is 0 Å². The number of thioether (sulfide) groups is 1. The highest BCUT2D eigenvalue weighted by Crippen LogP contribution is 2.26. The van der Waals surface area contributed by atoms with Gasteiger partial charge in [0.05, 0.1) is 10.7 Å².